The van der Waals surface area contributed by atoms with Gasteiger partial charge in [0.1, 0.15) is 0 Å². The first-order chi connectivity index (χ1) is 20.2. The van der Waals surface area contributed by atoms with Gasteiger partial charge in [0, 0.05) is 5.57 Å². The maximum absolute atomic E-state index is 11.6. The summed E-state index contributed by atoms with van der Waals surface area (Å²) in [7, 11) is 0. The van der Waals surface area contributed by atoms with E-state index in [9.17, 15) is 9.90 Å². The van der Waals surface area contributed by atoms with Gasteiger partial charge in [-0.05, 0) is 25.7 Å². The number of unbranched alkanes of at least 4 members (excludes halogenated alkanes) is 31. The molecule has 0 bridgehead atoms. The van der Waals surface area contributed by atoms with E-state index in [1.165, 1.54) is 193 Å². The van der Waals surface area contributed by atoms with Crippen molar-refractivity contribution in [1.29, 1.82) is 0 Å². The first-order valence-corrected chi connectivity index (χ1v) is 19.1. The van der Waals surface area contributed by atoms with Gasteiger partial charge in [0.05, 0.1) is 0 Å². The van der Waals surface area contributed by atoms with Crippen molar-refractivity contribution < 1.29 is 9.90 Å². The second kappa shape index (κ2) is 35.4. The van der Waals surface area contributed by atoms with Gasteiger partial charge in [0.15, 0.2) is 0 Å². The molecule has 0 aliphatic carbocycles. The highest BCUT2D eigenvalue weighted by atomic mass is 16.4. The van der Waals surface area contributed by atoms with Gasteiger partial charge in [-0.25, -0.2) is 4.79 Å². The summed E-state index contributed by atoms with van der Waals surface area (Å²) >= 11 is 0. The van der Waals surface area contributed by atoms with Crippen LogP contribution in [0.2, 0.25) is 0 Å². The third kappa shape index (κ3) is 33.6. The Balaban J connectivity index is 3.44. The molecule has 0 aliphatic heterocycles. The second-order valence-corrected chi connectivity index (χ2v) is 13.2. The average Bonchev–Trinajstić information content (AvgIpc) is 2.97. The molecule has 0 aromatic rings. The van der Waals surface area contributed by atoms with Crippen LogP contribution in [-0.2, 0) is 4.79 Å². The Morgan fingerprint density at radius 2 is 0.634 bits per heavy atom. The number of hydrogen-bond donors (Lipinski definition) is 1. The van der Waals surface area contributed by atoms with Crippen LogP contribution in [-0.4, -0.2) is 11.1 Å². The maximum atomic E-state index is 11.6. The predicted molar refractivity (Wildman–Crippen MR) is 184 cm³/mol. The summed E-state index contributed by atoms with van der Waals surface area (Å²) in [5.74, 6) is -0.692. The fraction of sp³-hybridized carbons (Fsp3) is 0.923. The molecule has 0 saturated heterocycles. The normalized spacial score (nSPS) is 11.9. The Morgan fingerprint density at radius 1 is 0.390 bits per heavy atom. The lowest BCUT2D eigenvalue weighted by atomic mass is 10.0. The largest absolute Gasteiger partial charge is 0.478 e. The van der Waals surface area contributed by atoms with Gasteiger partial charge in [-0.3, -0.25) is 0 Å². The van der Waals surface area contributed by atoms with Crippen LogP contribution in [0.4, 0.5) is 0 Å². The predicted octanol–water partition coefficient (Wildman–Crippen LogP) is 14.3. The fourth-order valence-corrected chi connectivity index (χ4v) is 6.13. The standard InChI is InChI=1S/C39H76O2/c1-3-5-7-9-11-13-15-17-19-21-23-25-27-29-31-33-35-37-38(39(40)41)36-34-32-30-28-26-24-22-20-18-16-14-12-10-8-6-4-2/h37H,3-36H2,1-2H3,(H,40,41). The first kappa shape index (κ1) is 40.2. The van der Waals surface area contributed by atoms with Gasteiger partial charge in [-0.15, -0.1) is 0 Å². The van der Waals surface area contributed by atoms with Crippen LogP contribution in [0.25, 0.3) is 0 Å². The number of allylic oxidation sites excluding steroid dienone is 1. The molecule has 0 atom stereocenters. The minimum atomic E-state index is -0.692. The molecule has 0 aromatic carbocycles. The topological polar surface area (TPSA) is 37.3 Å². The van der Waals surface area contributed by atoms with Crippen molar-refractivity contribution >= 4 is 5.97 Å². The van der Waals surface area contributed by atoms with E-state index in [2.05, 4.69) is 13.8 Å². The smallest absolute Gasteiger partial charge is 0.331 e. The zero-order valence-electron chi connectivity index (χ0n) is 28.5. The van der Waals surface area contributed by atoms with E-state index in [1.807, 2.05) is 6.08 Å². The summed E-state index contributed by atoms with van der Waals surface area (Å²) in [5.41, 5.74) is 0.663. The van der Waals surface area contributed by atoms with Crippen molar-refractivity contribution in [2.45, 2.75) is 232 Å². The number of rotatable bonds is 35. The minimum Gasteiger partial charge on any atom is -0.478 e. The Morgan fingerprint density at radius 3 is 0.902 bits per heavy atom. The lowest BCUT2D eigenvalue weighted by Crippen LogP contribution is -2.00. The average molecular weight is 577 g/mol. The maximum Gasteiger partial charge on any atom is 0.331 e. The number of hydrogen-bond acceptors (Lipinski definition) is 1. The Hall–Kier alpha value is -0.790. The summed E-state index contributed by atoms with van der Waals surface area (Å²) in [6.45, 7) is 4.58. The molecule has 2 nitrogen and oxygen atoms in total. The van der Waals surface area contributed by atoms with Crippen LogP contribution in [0.3, 0.4) is 0 Å². The van der Waals surface area contributed by atoms with E-state index in [4.69, 9.17) is 0 Å². The SMILES string of the molecule is CCCCCCCCCCCCCCCCCCC=C(CCCCCCCCCCCCCCCCCC)C(=O)O. The molecule has 0 unspecified atom stereocenters. The van der Waals surface area contributed by atoms with Crippen molar-refractivity contribution in [2.75, 3.05) is 0 Å². The van der Waals surface area contributed by atoms with E-state index in [1.54, 1.807) is 0 Å². The molecule has 41 heavy (non-hydrogen) atoms. The molecule has 0 heterocycles. The van der Waals surface area contributed by atoms with Crippen molar-refractivity contribution in [3.8, 4) is 0 Å². The van der Waals surface area contributed by atoms with E-state index in [0.717, 1.165) is 25.7 Å². The third-order valence-corrected chi connectivity index (χ3v) is 9.02. The molecule has 0 saturated carbocycles. The molecular weight excluding hydrogens is 500 g/mol. The van der Waals surface area contributed by atoms with Crippen LogP contribution < -0.4 is 0 Å². The highest BCUT2D eigenvalue weighted by molar-refractivity contribution is 5.86. The highest BCUT2D eigenvalue weighted by Gasteiger charge is 2.06. The number of carboxylic acids is 1. The van der Waals surface area contributed by atoms with E-state index in [0.29, 0.717) is 5.57 Å². The van der Waals surface area contributed by atoms with Crippen molar-refractivity contribution in [2.24, 2.45) is 0 Å². The molecular formula is C39H76O2. The van der Waals surface area contributed by atoms with Crippen LogP contribution in [0, 0.1) is 0 Å². The van der Waals surface area contributed by atoms with Gasteiger partial charge in [-0.1, -0.05) is 213 Å². The quantitative estimate of drug-likeness (QED) is 0.0601. The van der Waals surface area contributed by atoms with Crippen LogP contribution in [0.1, 0.15) is 232 Å². The molecule has 0 spiro atoms. The molecule has 244 valence electrons. The number of carbonyl (C=O) groups is 1. The zero-order chi connectivity index (χ0) is 29.9. The van der Waals surface area contributed by atoms with E-state index < -0.39 is 5.97 Å². The Bertz CT molecular complexity index is 538. The van der Waals surface area contributed by atoms with Gasteiger partial charge in [0.25, 0.3) is 0 Å². The van der Waals surface area contributed by atoms with Gasteiger partial charge in [0.2, 0.25) is 0 Å². The number of aliphatic carboxylic acids is 1. The fourth-order valence-electron chi connectivity index (χ4n) is 6.13. The molecule has 0 fully saturated rings. The Kier molecular flexibility index (Phi) is 34.7. The number of carboxylic acid groups (broad SMARTS) is 1. The van der Waals surface area contributed by atoms with Crippen LogP contribution in [0.5, 0.6) is 0 Å². The summed E-state index contributed by atoms with van der Waals surface area (Å²) in [6, 6.07) is 0. The second-order valence-electron chi connectivity index (χ2n) is 13.2. The Labute approximate surface area is 259 Å². The van der Waals surface area contributed by atoms with Gasteiger partial charge < -0.3 is 5.11 Å². The molecule has 0 amide bonds. The lowest BCUT2D eigenvalue weighted by Gasteiger charge is -2.05. The molecule has 0 aliphatic rings. The minimum absolute atomic E-state index is 0.663. The molecule has 0 radical (unpaired) electrons. The van der Waals surface area contributed by atoms with Gasteiger partial charge >= 0.3 is 5.97 Å². The van der Waals surface area contributed by atoms with Crippen molar-refractivity contribution in [1.82, 2.24) is 0 Å². The summed E-state index contributed by atoms with van der Waals surface area (Å²) in [6.07, 6.45) is 47.6. The monoisotopic (exact) mass is 577 g/mol. The van der Waals surface area contributed by atoms with E-state index >= 15 is 0 Å². The molecule has 0 aromatic heterocycles. The molecule has 2 heteroatoms. The lowest BCUT2D eigenvalue weighted by molar-refractivity contribution is -0.132. The van der Waals surface area contributed by atoms with E-state index in [-0.39, 0.29) is 0 Å². The summed E-state index contributed by atoms with van der Waals surface area (Å²) < 4.78 is 0. The van der Waals surface area contributed by atoms with Gasteiger partial charge in [-0.2, -0.15) is 0 Å². The zero-order valence-corrected chi connectivity index (χ0v) is 28.5. The summed E-state index contributed by atoms with van der Waals surface area (Å²) in [5, 5.41) is 9.57. The van der Waals surface area contributed by atoms with Crippen molar-refractivity contribution in [3.63, 3.8) is 0 Å². The highest BCUT2D eigenvalue weighted by Crippen LogP contribution is 2.17. The summed E-state index contributed by atoms with van der Waals surface area (Å²) in [4.78, 5) is 11.6. The third-order valence-electron chi connectivity index (χ3n) is 9.02. The molecule has 0 rings (SSSR count). The first-order valence-electron chi connectivity index (χ1n) is 19.1. The molecule has 1 N–H and O–H groups in total. The van der Waals surface area contributed by atoms with Crippen LogP contribution in [0.15, 0.2) is 11.6 Å². The van der Waals surface area contributed by atoms with Crippen LogP contribution >= 0.6 is 0 Å². The van der Waals surface area contributed by atoms with Crippen molar-refractivity contribution in [3.05, 3.63) is 11.6 Å².